The van der Waals surface area contributed by atoms with Gasteiger partial charge in [-0.3, -0.25) is 19.8 Å². The molecular weight excluding hydrogens is 212 g/mol. The maximum Gasteiger partial charge on any atom is 0.328 e. The van der Waals surface area contributed by atoms with E-state index in [1.54, 1.807) is 12.2 Å². The molecule has 1 saturated heterocycles. The number of hydrogen-bond acceptors (Lipinski definition) is 3. The normalized spacial score (nSPS) is 23.6. The second kappa shape index (κ2) is 3.80. The van der Waals surface area contributed by atoms with Gasteiger partial charge in [0.05, 0.1) is 5.92 Å². The summed E-state index contributed by atoms with van der Waals surface area (Å²) in [5.41, 5.74) is 0.457. The van der Waals surface area contributed by atoms with Gasteiger partial charge in [0.25, 0.3) is 0 Å². The van der Waals surface area contributed by atoms with E-state index in [9.17, 15) is 14.4 Å². The van der Waals surface area contributed by atoms with Crippen LogP contribution in [-0.4, -0.2) is 34.5 Å². The van der Waals surface area contributed by atoms with Gasteiger partial charge in [0.2, 0.25) is 5.91 Å². The molecule has 0 aromatic rings. The smallest absolute Gasteiger partial charge is 0.328 e. The van der Waals surface area contributed by atoms with Gasteiger partial charge in [-0.05, 0) is 12.5 Å². The number of carboxylic acid groups (broad SMARTS) is 1. The van der Waals surface area contributed by atoms with Crippen LogP contribution in [0.4, 0.5) is 4.79 Å². The van der Waals surface area contributed by atoms with E-state index in [0.29, 0.717) is 12.1 Å². The number of urea groups is 1. The molecule has 0 radical (unpaired) electrons. The third kappa shape index (κ3) is 1.69. The summed E-state index contributed by atoms with van der Waals surface area (Å²) in [6.07, 6.45) is 5.61. The van der Waals surface area contributed by atoms with Crippen molar-refractivity contribution in [3.63, 3.8) is 0 Å². The van der Waals surface area contributed by atoms with Gasteiger partial charge in [0.15, 0.2) is 0 Å². The van der Waals surface area contributed by atoms with Crippen molar-refractivity contribution in [2.75, 3.05) is 6.54 Å². The van der Waals surface area contributed by atoms with E-state index >= 15 is 0 Å². The molecule has 2 N–H and O–H groups in total. The minimum atomic E-state index is -1.11. The lowest BCUT2D eigenvalue weighted by molar-refractivity contribution is -0.138. The van der Waals surface area contributed by atoms with Gasteiger partial charge in [-0.15, -0.1) is 0 Å². The van der Waals surface area contributed by atoms with E-state index < -0.39 is 24.5 Å². The number of rotatable bonds is 2. The Balaban J connectivity index is 2.31. The molecule has 1 aliphatic carbocycles. The number of imide groups is 1. The van der Waals surface area contributed by atoms with Crippen LogP contribution in [0.15, 0.2) is 23.9 Å². The molecule has 16 heavy (non-hydrogen) atoms. The first-order chi connectivity index (χ1) is 7.59. The Morgan fingerprint density at radius 1 is 1.56 bits per heavy atom. The van der Waals surface area contributed by atoms with Gasteiger partial charge in [-0.1, -0.05) is 12.2 Å². The number of nitrogens with one attached hydrogen (secondary N) is 1. The van der Waals surface area contributed by atoms with Crippen molar-refractivity contribution in [2.45, 2.75) is 6.42 Å². The first-order valence-corrected chi connectivity index (χ1v) is 4.80. The summed E-state index contributed by atoms with van der Waals surface area (Å²) in [4.78, 5) is 34.6. The van der Waals surface area contributed by atoms with Crippen LogP contribution in [-0.2, 0) is 9.59 Å². The van der Waals surface area contributed by atoms with Crippen LogP contribution in [0.1, 0.15) is 6.42 Å². The molecule has 1 aliphatic heterocycles. The van der Waals surface area contributed by atoms with Crippen LogP contribution in [0.2, 0.25) is 0 Å². The van der Waals surface area contributed by atoms with Crippen molar-refractivity contribution in [2.24, 2.45) is 5.92 Å². The monoisotopic (exact) mass is 222 g/mol. The molecule has 1 atom stereocenters. The predicted molar refractivity (Wildman–Crippen MR) is 53.2 cm³/mol. The van der Waals surface area contributed by atoms with Crippen molar-refractivity contribution in [3.05, 3.63) is 23.9 Å². The van der Waals surface area contributed by atoms with Crippen LogP contribution in [0.3, 0.4) is 0 Å². The molecule has 0 aromatic heterocycles. The highest BCUT2D eigenvalue weighted by Crippen LogP contribution is 2.27. The third-order valence-corrected chi connectivity index (χ3v) is 2.53. The molecule has 0 aromatic carbocycles. The second-order valence-corrected chi connectivity index (χ2v) is 3.58. The summed E-state index contributed by atoms with van der Waals surface area (Å²) in [6.45, 7) is -0.435. The van der Waals surface area contributed by atoms with Gasteiger partial charge in [-0.2, -0.15) is 0 Å². The first kappa shape index (κ1) is 10.4. The molecule has 1 heterocycles. The fourth-order valence-electron chi connectivity index (χ4n) is 1.81. The van der Waals surface area contributed by atoms with E-state index in [2.05, 4.69) is 5.32 Å². The minimum Gasteiger partial charge on any atom is -0.480 e. The summed E-state index contributed by atoms with van der Waals surface area (Å²) < 4.78 is 0. The lowest BCUT2D eigenvalue weighted by Crippen LogP contribution is -2.54. The van der Waals surface area contributed by atoms with Crippen molar-refractivity contribution < 1.29 is 19.5 Å². The molecule has 2 aliphatic rings. The molecule has 84 valence electrons. The lowest BCUT2D eigenvalue weighted by Gasteiger charge is -2.34. The second-order valence-electron chi connectivity index (χ2n) is 3.58. The molecule has 1 unspecified atom stereocenters. The fraction of sp³-hybridized carbons (Fsp3) is 0.300. The number of carbonyl (C=O) groups is 3. The Labute approximate surface area is 91.2 Å². The van der Waals surface area contributed by atoms with Crippen LogP contribution < -0.4 is 5.32 Å². The van der Waals surface area contributed by atoms with Crippen molar-refractivity contribution >= 4 is 17.9 Å². The van der Waals surface area contributed by atoms with Crippen molar-refractivity contribution in [3.8, 4) is 0 Å². The standard InChI is InChI=1S/C10H10N2O4/c13-8(14)5-12-7-4-2-1-3-6(7)9(15)11-10(12)16/h1-2,4,6H,3,5H2,(H,13,14)(H,11,15,16). The average molecular weight is 222 g/mol. The number of fused-ring (bicyclic) bond motifs is 1. The zero-order valence-electron chi connectivity index (χ0n) is 8.34. The van der Waals surface area contributed by atoms with Crippen molar-refractivity contribution in [1.29, 1.82) is 0 Å². The third-order valence-electron chi connectivity index (χ3n) is 2.53. The Morgan fingerprint density at radius 2 is 2.31 bits per heavy atom. The molecule has 6 heteroatoms. The summed E-state index contributed by atoms with van der Waals surface area (Å²) in [6, 6.07) is -0.676. The highest BCUT2D eigenvalue weighted by Gasteiger charge is 2.37. The molecule has 0 spiro atoms. The van der Waals surface area contributed by atoms with E-state index in [1.807, 2.05) is 6.08 Å². The van der Waals surface area contributed by atoms with Gasteiger partial charge in [0, 0.05) is 5.70 Å². The zero-order chi connectivity index (χ0) is 11.7. The number of aliphatic carboxylic acids is 1. The summed E-state index contributed by atoms with van der Waals surface area (Å²) >= 11 is 0. The number of allylic oxidation sites excluding steroid dienone is 3. The largest absolute Gasteiger partial charge is 0.480 e. The van der Waals surface area contributed by atoms with E-state index in [-0.39, 0.29) is 5.91 Å². The highest BCUT2D eigenvalue weighted by atomic mass is 16.4. The highest BCUT2D eigenvalue weighted by molar-refractivity contribution is 6.02. The zero-order valence-corrected chi connectivity index (χ0v) is 8.34. The summed E-state index contributed by atoms with van der Waals surface area (Å²) in [5, 5.41) is 10.8. The van der Waals surface area contributed by atoms with Crippen LogP contribution >= 0.6 is 0 Å². The van der Waals surface area contributed by atoms with E-state index in [4.69, 9.17) is 5.11 Å². The van der Waals surface area contributed by atoms with Crippen molar-refractivity contribution in [1.82, 2.24) is 10.2 Å². The molecule has 3 amide bonds. The molecule has 0 saturated carbocycles. The molecule has 1 fully saturated rings. The van der Waals surface area contributed by atoms with E-state index in [0.717, 1.165) is 4.90 Å². The van der Waals surface area contributed by atoms with Gasteiger partial charge in [-0.25, -0.2) is 4.79 Å². The predicted octanol–water partition coefficient (Wildman–Crippen LogP) is 0.0828. The minimum absolute atomic E-state index is 0.373. The number of nitrogens with zero attached hydrogens (tertiary/aromatic N) is 1. The Bertz CT molecular complexity index is 425. The summed E-state index contributed by atoms with van der Waals surface area (Å²) in [5.74, 6) is -1.94. The Hall–Kier alpha value is -2.11. The van der Waals surface area contributed by atoms with Gasteiger partial charge in [0.1, 0.15) is 6.54 Å². The topological polar surface area (TPSA) is 86.7 Å². The number of hydrogen-bond donors (Lipinski definition) is 2. The Kier molecular flexibility index (Phi) is 2.47. The molecule has 6 nitrogen and oxygen atoms in total. The maximum atomic E-state index is 11.5. The van der Waals surface area contributed by atoms with Crippen LogP contribution in [0.5, 0.6) is 0 Å². The van der Waals surface area contributed by atoms with Gasteiger partial charge >= 0.3 is 12.0 Å². The average Bonchev–Trinajstić information content (AvgIpc) is 2.24. The van der Waals surface area contributed by atoms with E-state index in [1.165, 1.54) is 0 Å². The maximum absolute atomic E-state index is 11.5. The lowest BCUT2D eigenvalue weighted by atomic mass is 9.93. The van der Waals surface area contributed by atoms with Crippen LogP contribution in [0, 0.1) is 5.92 Å². The Morgan fingerprint density at radius 3 is 3.00 bits per heavy atom. The van der Waals surface area contributed by atoms with Crippen LogP contribution in [0.25, 0.3) is 0 Å². The molecule has 2 rings (SSSR count). The SMILES string of the molecule is O=C(O)CN1C(=O)NC(=O)C2CC=CC=C21. The number of carbonyl (C=O) groups excluding carboxylic acids is 2. The molecular formula is C10H10N2O4. The fourth-order valence-corrected chi connectivity index (χ4v) is 1.81. The quantitative estimate of drug-likeness (QED) is 0.692. The number of amides is 3. The van der Waals surface area contributed by atoms with Gasteiger partial charge < -0.3 is 5.11 Å². The number of carboxylic acids is 1. The first-order valence-electron chi connectivity index (χ1n) is 4.80. The molecule has 0 bridgehead atoms. The summed E-state index contributed by atoms with van der Waals surface area (Å²) in [7, 11) is 0.